The predicted molar refractivity (Wildman–Crippen MR) is 95.6 cm³/mol. The van der Waals surface area contributed by atoms with E-state index >= 15 is 0 Å². The summed E-state index contributed by atoms with van der Waals surface area (Å²) in [5.74, 6) is 0. The molecular weight excluding hydrogens is 448 g/mol. The van der Waals surface area contributed by atoms with Crippen molar-refractivity contribution in [2.24, 2.45) is 0 Å². The van der Waals surface area contributed by atoms with Gasteiger partial charge in [0.25, 0.3) is 0 Å². The monoisotopic (exact) mass is 470 g/mol. The molecule has 2 aliphatic heterocycles. The number of hydrogen-bond acceptors (Lipinski definition) is 7. The summed E-state index contributed by atoms with van der Waals surface area (Å²) in [6.45, 7) is 6.79. The van der Waals surface area contributed by atoms with Crippen LogP contribution in [0.15, 0.2) is 43.0 Å². The second-order valence-electron chi connectivity index (χ2n) is 5.72. The number of hydrogen-bond donors (Lipinski definition) is 2. The molecule has 0 unspecified atom stereocenters. The summed E-state index contributed by atoms with van der Waals surface area (Å²) in [5.41, 5.74) is 1.99. The Kier molecular flexibility index (Phi) is 9.23. The minimum atomic E-state index is 0.134. The molecule has 26 heavy (non-hydrogen) atoms. The third-order valence-electron chi connectivity index (χ3n) is 3.76. The van der Waals surface area contributed by atoms with Gasteiger partial charge in [0, 0.05) is 26.2 Å². The Labute approximate surface area is 169 Å². The fourth-order valence-electron chi connectivity index (χ4n) is 2.64. The van der Waals surface area contributed by atoms with Gasteiger partial charge in [-0.25, -0.2) is 0 Å². The Morgan fingerprint density at radius 3 is 1.65 bits per heavy atom. The molecule has 0 bridgehead atoms. The van der Waals surface area contributed by atoms with E-state index < -0.39 is 0 Å². The zero-order valence-electron chi connectivity index (χ0n) is 14.3. The molecule has 0 fully saturated rings. The van der Waals surface area contributed by atoms with Crippen molar-refractivity contribution in [1.29, 1.82) is 0 Å². The minimum absolute atomic E-state index is 0.134. The molecule has 146 valence electrons. The van der Waals surface area contributed by atoms with E-state index in [-0.39, 0.29) is 13.2 Å². The van der Waals surface area contributed by atoms with Crippen LogP contribution in [0, 0.1) is 13.3 Å². The molecule has 7 nitrogen and oxygen atoms in total. The van der Waals surface area contributed by atoms with Gasteiger partial charge in [-0.05, 0) is 36.9 Å². The molecule has 0 amide bonds. The first-order chi connectivity index (χ1) is 12.8. The van der Waals surface area contributed by atoms with E-state index in [1.54, 1.807) is 0 Å². The van der Waals surface area contributed by atoms with Crippen LogP contribution in [-0.2, 0) is 31.3 Å². The number of β-amino-alcohol motifs (C(OH)–C–C–N with tert-alkyl or cyclic N) is 2. The summed E-state index contributed by atoms with van der Waals surface area (Å²) in [5, 5.41) is 17.9. The number of rotatable bonds is 8. The summed E-state index contributed by atoms with van der Waals surface area (Å²) in [6, 6.07) is 6.05. The molecule has 0 spiro atoms. The van der Waals surface area contributed by atoms with Gasteiger partial charge in [-0.15, -0.1) is 0 Å². The fourth-order valence-corrected chi connectivity index (χ4v) is 2.64. The molecule has 0 aromatic carbocycles. The average Bonchev–Trinajstić information content (AvgIpc) is 3.27. The number of aliphatic hydroxyl groups is 2. The molecular formula is C17H23ClN5O2Pd-. The number of aromatic nitrogens is 1. The molecule has 3 rings (SSSR count). The van der Waals surface area contributed by atoms with Crippen LogP contribution in [0.5, 0.6) is 0 Å². The molecule has 0 saturated carbocycles. The van der Waals surface area contributed by atoms with Crippen molar-refractivity contribution in [2.75, 3.05) is 26.3 Å². The van der Waals surface area contributed by atoms with Crippen LogP contribution in [0.1, 0.15) is 11.4 Å². The molecule has 2 aliphatic rings. The van der Waals surface area contributed by atoms with Crippen LogP contribution in [0.4, 0.5) is 0 Å². The van der Waals surface area contributed by atoms with Gasteiger partial charge in [-0.3, -0.25) is 4.98 Å². The summed E-state index contributed by atoms with van der Waals surface area (Å²) in [4.78, 5) is 12.7. The predicted octanol–water partition coefficient (Wildman–Crippen LogP) is 1.17. The van der Waals surface area contributed by atoms with Crippen LogP contribution >= 0.6 is 9.53 Å². The van der Waals surface area contributed by atoms with Crippen LogP contribution < -0.4 is 0 Å². The zero-order valence-corrected chi connectivity index (χ0v) is 16.6. The van der Waals surface area contributed by atoms with Gasteiger partial charge in [0.2, 0.25) is 0 Å². The van der Waals surface area contributed by atoms with Crippen molar-refractivity contribution < 1.29 is 28.4 Å². The number of halogens is 1. The average molecular weight is 471 g/mol. The van der Waals surface area contributed by atoms with E-state index in [2.05, 4.69) is 27.7 Å². The molecule has 0 atom stereocenters. The van der Waals surface area contributed by atoms with Crippen LogP contribution in [-0.4, -0.2) is 61.1 Å². The van der Waals surface area contributed by atoms with Gasteiger partial charge in [-0.2, -0.15) is 13.3 Å². The summed E-state index contributed by atoms with van der Waals surface area (Å²) in [7, 11) is 4.49. The van der Waals surface area contributed by atoms with E-state index in [1.807, 2.05) is 75.9 Å². The van der Waals surface area contributed by atoms with Crippen molar-refractivity contribution >= 4 is 9.53 Å². The van der Waals surface area contributed by atoms with Gasteiger partial charge in [0.05, 0.1) is 24.6 Å². The normalized spacial score (nSPS) is 15.7. The van der Waals surface area contributed by atoms with E-state index in [1.165, 1.54) is 0 Å². The van der Waals surface area contributed by atoms with Gasteiger partial charge in [0.1, 0.15) is 0 Å². The van der Waals surface area contributed by atoms with Gasteiger partial charge < -0.3 is 29.8 Å². The number of pyridine rings is 1. The second-order valence-corrected chi connectivity index (χ2v) is 5.72. The van der Waals surface area contributed by atoms with Crippen molar-refractivity contribution in [2.45, 2.75) is 13.1 Å². The molecule has 3 heterocycles. The summed E-state index contributed by atoms with van der Waals surface area (Å²) in [6.07, 6.45) is 7.85. The SMILES string of the molecule is OCCN1C=CN(Cc2cccc(CN3C=CN(CCO)[CH-]3)n2)[CH-]1.[Cl][Pd+]. The van der Waals surface area contributed by atoms with Crippen molar-refractivity contribution in [1.82, 2.24) is 24.6 Å². The van der Waals surface area contributed by atoms with Gasteiger partial charge >= 0.3 is 27.7 Å². The first kappa shape index (κ1) is 21.0. The maximum absolute atomic E-state index is 8.97. The van der Waals surface area contributed by atoms with Crippen LogP contribution in [0.3, 0.4) is 0 Å². The molecule has 0 saturated heterocycles. The number of aliphatic hydroxyl groups excluding tert-OH is 2. The summed E-state index contributed by atoms with van der Waals surface area (Å²) >= 11 is 2.22. The standard InChI is InChI=1S/C17H23N5O2.ClH.Pd/c23-10-8-19-4-6-21(14-19)12-16-2-1-3-17(18-16)13-22-7-5-20(15-22)9-11-24;;/h1-7,14-15,23-24H,8-13H2;1H;/q-2;;+2/p-1. The Morgan fingerprint density at radius 1 is 0.808 bits per heavy atom. The Balaban J connectivity index is 0.00000117. The molecule has 1 aromatic heterocycles. The van der Waals surface area contributed by atoms with Crippen molar-refractivity contribution in [3.8, 4) is 0 Å². The van der Waals surface area contributed by atoms with E-state index in [9.17, 15) is 0 Å². The van der Waals surface area contributed by atoms with Gasteiger partial charge in [0.15, 0.2) is 0 Å². The summed E-state index contributed by atoms with van der Waals surface area (Å²) < 4.78 is 0. The van der Waals surface area contributed by atoms with Crippen LogP contribution in [0.25, 0.3) is 0 Å². The zero-order chi connectivity index (χ0) is 18.8. The molecule has 2 N–H and O–H groups in total. The van der Waals surface area contributed by atoms with Crippen LogP contribution in [0.2, 0.25) is 0 Å². The van der Waals surface area contributed by atoms with Gasteiger partial charge in [-0.1, -0.05) is 6.07 Å². The first-order valence-electron chi connectivity index (χ1n) is 8.15. The third-order valence-corrected chi connectivity index (χ3v) is 3.76. The fraction of sp³-hybridized carbons (Fsp3) is 0.353. The maximum atomic E-state index is 8.97. The third kappa shape index (κ3) is 6.45. The topological polar surface area (TPSA) is 66.3 Å². The molecule has 1 aromatic rings. The Morgan fingerprint density at radius 2 is 1.23 bits per heavy atom. The number of nitrogens with zero attached hydrogens (tertiary/aromatic N) is 5. The van der Waals surface area contributed by atoms with E-state index in [0.717, 1.165) is 11.4 Å². The van der Waals surface area contributed by atoms with Crippen molar-refractivity contribution in [3.63, 3.8) is 0 Å². The molecule has 9 heteroatoms. The Bertz CT molecular complexity index is 557. The quantitative estimate of drug-likeness (QED) is 0.436. The first-order valence-corrected chi connectivity index (χ1v) is 10.1. The Hall–Kier alpha value is -1.30. The van der Waals surface area contributed by atoms with E-state index in [4.69, 9.17) is 15.2 Å². The molecule has 0 radical (unpaired) electrons. The van der Waals surface area contributed by atoms with E-state index in [0.29, 0.717) is 26.2 Å². The van der Waals surface area contributed by atoms with Crippen molar-refractivity contribution in [3.05, 3.63) is 67.7 Å². The second kappa shape index (κ2) is 11.4. The molecule has 0 aliphatic carbocycles.